The predicted octanol–water partition coefficient (Wildman–Crippen LogP) is -1.32. The number of hydrogen-bond donors (Lipinski definition) is 2. The van der Waals surface area contributed by atoms with Crippen LogP contribution >= 0.6 is 28.1 Å². The van der Waals surface area contributed by atoms with E-state index in [4.69, 9.17) is 9.79 Å². The minimum atomic E-state index is -3.20. The molecule has 0 rings (SSSR count). The summed E-state index contributed by atoms with van der Waals surface area (Å²) < 4.78 is 22.3. The first kappa shape index (κ1) is 29.6. The van der Waals surface area contributed by atoms with E-state index in [-0.39, 0.29) is 88.7 Å². The molecular weight excluding hydrogens is 258 g/mol. The van der Waals surface area contributed by atoms with Gasteiger partial charge in [0.2, 0.25) is 0 Å². The molecule has 0 saturated heterocycles. The number of hydrogen-bond acceptors (Lipinski definition) is 3. The van der Waals surface area contributed by atoms with Gasteiger partial charge >= 0.3 is 105 Å². The Morgan fingerprint density at radius 1 is 1.00 bits per heavy atom. The monoisotopic (exact) mass is 268 g/mol. The van der Waals surface area contributed by atoms with Crippen LogP contribution in [0.1, 0.15) is 0 Å². The van der Waals surface area contributed by atoms with Crippen molar-refractivity contribution in [2.75, 3.05) is 6.38 Å². The molecule has 0 amide bonds. The van der Waals surface area contributed by atoms with Gasteiger partial charge in [-0.25, -0.2) is 4.31 Å². The van der Waals surface area contributed by atoms with Gasteiger partial charge in [-0.1, -0.05) is 0 Å². The van der Waals surface area contributed by atoms with E-state index in [2.05, 4.69) is 15.9 Å². The van der Waals surface area contributed by atoms with Crippen LogP contribution in [0.25, 0.3) is 0 Å². The van der Waals surface area contributed by atoms with E-state index in [0.29, 0.717) is 0 Å². The molecule has 0 aliphatic heterocycles. The van der Waals surface area contributed by atoms with Crippen molar-refractivity contribution in [3.05, 3.63) is 0 Å². The molecule has 0 radical (unpaired) electrons. The van der Waals surface area contributed by atoms with E-state index in [9.17, 15) is 9.13 Å². The van der Waals surface area contributed by atoms with Crippen LogP contribution in [0, 0.1) is 0 Å². The van der Waals surface area contributed by atoms with E-state index in [1.807, 2.05) is 0 Å². The molecule has 0 aromatic heterocycles. The van der Waals surface area contributed by atoms with Gasteiger partial charge in [-0.15, -0.1) is 11.6 Å². The standard InChI is InChI=1S/CH3Cl.3Na.H4O5P2.3H/c1-2;;;;1-6(2)5-7(3)4;;;/h1H3;;;;6-7H,(H,1,2)(H,3,4);;;. The summed E-state index contributed by atoms with van der Waals surface area (Å²) in [6, 6.07) is 0. The molecule has 0 aromatic rings. The SMILES string of the molecule is CCl.O=[PH](O)O[PH](=O)O.[NaH].[NaH].[NaH]. The molecular formula is CH10ClNa3O5P2. The van der Waals surface area contributed by atoms with Crippen molar-refractivity contribution < 1.29 is 23.2 Å². The van der Waals surface area contributed by atoms with Crippen molar-refractivity contribution in [3.8, 4) is 0 Å². The van der Waals surface area contributed by atoms with Crippen molar-refractivity contribution in [3.63, 3.8) is 0 Å². The molecule has 2 N–H and O–H groups in total. The van der Waals surface area contributed by atoms with Crippen LogP contribution in [0.15, 0.2) is 0 Å². The summed E-state index contributed by atoms with van der Waals surface area (Å²) in [6.45, 7) is 0. The third kappa shape index (κ3) is 37.3. The van der Waals surface area contributed by atoms with Gasteiger partial charge in [-0.2, -0.15) is 0 Å². The quantitative estimate of drug-likeness (QED) is 0.368. The zero-order valence-corrected chi connectivity index (χ0v) is 7.25. The summed E-state index contributed by atoms with van der Waals surface area (Å²) in [5.41, 5.74) is 0. The fourth-order valence-corrected chi connectivity index (χ4v) is 0.672. The molecule has 2 unspecified atom stereocenters. The molecule has 12 heavy (non-hydrogen) atoms. The fraction of sp³-hybridized carbons (Fsp3) is 1.00. The predicted molar refractivity (Wildman–Crippen MR) is 56.7 cm³/mol. The molecule has 2 atom stereocenters. The van der Waals surface area contributed by atoms with Crippen LogP contribution in [0.3, 0.4) is 0 Å². The van der Waals surface area contributed by atoms with E-state index in [1.165, 1.54) is 6.38 Å². The first-order valence-electron chi connectivity index (χ1n) is 1.64. The second-order valence-corrected chi connectivity index (χ2v) is 2.51. The van der Waals surface area contributed by atoms with Crippen LogP contribution < -0.4 is 0 Å². The van der Waals surface area contributed by atoms with E-state index in [0.717, 1.165) is 0 Å². The van der Waals surface area contributed by atoms with Crippen LogP contribution in [0.4, 0.5) is 0 Å². The van der Waals surface area contributed by atoms with Crippen LogP contribution in [-0.4, -0.2) is 105 Å². The van der Waals surface area contributed by atoms with Crippen molar-refractivity contribution >= 4 is 117 Å². The molecule has 5 nitrogen and oxygen atoms in total. The summed E-state index contributed by atoms with van der Waals surface area (Å²) in [4.78, 5) is 15.4. The third-order valence-corrected chi connectivity index (χ3v) is 1.57. The Morgan fingerprint density at radius 2 is 1.17 bits per heavy atom. The summed E-state index contributed by atoms with van der Waals surface area (Å²) in [5.74, 6) is 0. The van der Waals surface area contributed by atoms with E-state index < -0.39 is 16.5 Å². The Labute approximate surface area is 144 Å². The van der Waals surface area contributed by atoms with Crippen LogP contribution in [0.2, 0.25) is 0 Å². The Kier molecular flexibility index (Phi) is 59.3. The third-order valence-electron chi connectivity index (χ3n) is 0.175. The van der Waals surface area contributed by atoms with Gasteiger partial charge < -0.3 is 9.79 Å². The zero-order chi connectivity index (χ0) is 7.86. The summed E-state index contributed by atoms with van der Waals surface area (Å²) >= 11 is 4.64. The molecule has 11 heteroatoms. The van der Waals surface area contributed by atoms with Gasteiger partial charge in [0.15, 0.2) is 0 Å². The normalized spacial score (nSPS) is 11.3. The average molecular weight is 268 g/mol. The summed E-state index contributed by atoms with van der Waals surface area (Å²) in [6.07, 6.45) is 1.47. The van der Waals surface area contributed by atoms with Crippen LogP contribution in [-0.2, 0) is 13.4 Å². The first-order chi connectivity index (χ1) is 4.13. The Balaban J connectivity index is -0.0000000303. The molecule has 0 spiro atoms. The molecule has 0 bridgehead atoms. The minimum absolute atomic E-state index is 0. The zero-order valence-electron chi connectivity index (χ0n) is 4.50. The molecule has 0 aliphatic rings. The van der Waals surface area contributed by atoms with E-state index in [1.54, 1.807) is 0 Å². The van der Waals surface area contributed by atoms with Gasteiger partial charge in [0.05, 0.1) is 0 Å². The summed E-state index contributed by atoms with van der Waals surface area (Å²) in [7, 11) is -6.40. The van der Waals surface area contributed by atoms with Crippen LogP contribution in [0.5, 0.6) is 0 Å². The van der Waals surface area contributed by atoms with E-state index >= 15 is 0 Å². The maximum atomic E-state index is 9.44. The Hall–Kier alpha value is 3.63. The molecule has 0 fully saturated rings. The van der Waals surface area contributed by atoms with Crippen molar-refractivity contribution in [2.45, 2.75) is 0 Å². The van der Waals surface area contributed by atoms with Gasteiger partial charge in [-0.05, 0) is 0 Å². The number of halogens is 1. The Bertz CT molecular complexity index is 101. The fourth-order valence-electron chi connectivity index (χ4n) is 0.0747. The number of alkyl halides is 1. The molecule has 64 valence electrons. The number of rotatable bonds is 2. The molecule has 0 aliphatic carbocycles. The van der Waals surface area contributed by atoms with Gasteiger partial charge in [-0.3, -0.25) is 9.13 Å². The second kappa shape index (κ2) is 24.1. The average Bonchev–Trinajstić information content (AvgIpc) is 1.68. The Morgan fingerprint density at radius 3 is 1.17 bits per heavy atom. The van der Waals surface area contributed by atoms with Crippen molar-refractivity contribution in [1.29, 1.82) is 0 Å². The second-order valence-electron chi connectivity index (χ2n) is 0.634. The van der Waals surface area contributed by atoms with Gasteiger partial charge in [0.25, 0.3) is 0 Å². The molecule has 0 aromatic carbocycles. The van der Waals surface area contributed by atoms with Gasteiger partial charge in [0, 0.05) is 6.38 Å². The molecule has 0 saturated carbocycles. The maximum absolute atomic E-state index is 9.44. The van der Waals surface area contributed by atoms with Crippen molar-refractivity contribution in [2.24, 2.45) is 0 Å². The van der Waals surface area contributed by atoms with Crippen molar-refractivity contribution in [1.82, 2.24) is 0 Å². The van der Waals surface area contributed by atoms with Gasteiger partial charge in [0.1, 0.15) is 0 Å². The summed E-state index contributed by atoms with van der Waals surface area (Å²) in [5, 5.41) is 0. The molecule has 0 heterocycles. The first-order valence-corrected chi connectivity index (χ1v) is 4.93. The topological polar surface area (TPSA) is 83.8 Å².